The lowest BCUT2D eigenvalue weighted by molar-refractivity contribution is 0.0455. The summed E-state index contributed by atoms with van der Waals surface area (Å²) in [6, 6.07) is 5.07. The lowest BCUT2D eigenvalue weighted by Gasteiger charge is -2.25. The molecule has 1 aromatic rings. The Labute approximate surface area is 97.8 Å². The normalized spacial score (nSPS) is 22.9. The Morgan fingerprint density at radius 3 is 2.62 bits per heavy atom. The summed E-state index contributed by atoms with van der Waals surface area (Å²) in [5.41, 5.74) is -0.0388. The average molecular weight is 240 g/mol. The van der Waals surface area contributed by atoms with Crippen LogP contribution in [-0.4, -0.2) is 23.6 Å². The van der Waals surface area contributed by atoms with E-state index in [9.17, 15) is 9.50 Å². The molecule has 0 aromatic heterocycles. The highest BCUT2D eigenvalue weighted by atomic mass is 32.2. The number of rotatable bonds is 3. The summed E-state index contributed by atoms with van der Waals surface area (Å²) in [5.74, 6) is -0.227. The van der Waals surface area contributed by atoms with Crippen LogP contribution >= 0.6 is 11.8 Å². The minimum atomic E-state index is -0.746. The summed E-state index contributed by atoms with van der Waals surface area (Å²) >= 11 is 1.52. The van der Waals surface area contributed by atoms with E-state index in [-0.39, 0.29) is 5.82 Å². The quantitative estimate of drug-likeness (QED) is 0.879. The zero-order valence-corrected chi connectivity index (χ0v) is 9.60. The predicted molar refractivity (Wildman–Crippen MR) is 60.0 cm³/mol. The van der Waals surface area contributed by atoms with Crippen molar-refractivity contribution in [2.45, 2.75) is 28.6 Å². The largest absolute Gasteiger partial charge is 0.385 e. The number of thioether (sulfide) groups is 1. The Morgan fingerprint density at radius 1 is 1.38 bits per heavy atom. The van der Waals surface area contributed by atoms with Gasteiger partial charge < -0.3 is 9.84 Å². The molecule has 2 aliphatic rings. The summed E-state index contributed by atoms with van der Waals surface area (Å²) in [7, 11) is 0. The maximum Gasteiger partial charge on any atom is 0.137 e. The first-order valence-electron chi connectivity index (χ1n) is 5.44. The lowest BCUT2D eigenvalue weighted by atomic mass is 10.1. The third-order valence-electron chi connectivity index (χ3n) is 3.09. The lowest BCUT2D eigenvalue weighted by Crippen LogP contribution is -2.30. The first kappa shape index (κ1) is 10.6. The Balaban J connectivity index is 1.79. The van der Waals surface area contributed by atoms with Crippen molar-refractivity contribution in [1.82, 2.24) is 0 Å². The summed E-state index contributed by atoms with van der Waals surface area (Å²) < 4.78 is 18.8. The summed E-state index contributed by atoms with van der Waals surface area (Å²) in [5, 5.41) is 10.2. The van der Waals surface area contributed by atoms with Crippen LogP contribution < -0.4 is 0 Å². The van der Waals surface area contributed by atoms with E-state index >= 15 is 0 Å². The van der Waals surface area contributed by atoms with E-state index in [4.69, 9.17) is 4.74 Å². The predicted octanol–water partition coefficient (Wildman–Crippen LogP) is 2.30. The van der Waals surface area contributed by atoms with E-state index in [1.54, 1.807) is 6.07 Å². The van der Waals surface area contributed by atoms with E-state index in [1.165, 1.54) is 17.8 Å². The van der Waals surface area contributed by atoms with E-state index in [2.05, 4.69) is 0 Å². The van der Waals surface area contributed by atoms with Crippen LogP contribution in [0.2, 0.25) is 0 Å². The third-order valence-corrected chi connectivity index (χ3v) is 4.28. The zero-order valence-electron chi connectivity index (χ0n) is 8.78. The van der Waals surface area contributed by atoms with Crippen molar-refractivity contribution in [2.24, 2.45) is 0 Å². The third kappa shape index (κ3) is 1.85. The fraction of sp³-hybridized carbons (Fsp3) is 0.500. The molecule has 0 spiro atoms. The number of hydrogen-bond donors (Lipinski definition) is 1. The molecular weight excluding hydrogens is 227 g/mol. The molecule has 1 aliphatic heterocycles. The first-order chi connectivity index (χ1) is 7.67. The molecule has 3 rings (SSSR count). The van der Waals surface area contributed by atoms with Gasteiger partial charge in [0.25, 0.3) is 0 Å². The van der Waals surface area contributed by atoms with Crippen LogP contribution in [0.1, 0.15) is 18.4 Å². The highest BCUT2D eigenvalue weighted by molar-refractivity contribution is 8.00. The van der Waals surface area contributed by atoms with Crippen LogP contribution in [0.4, 0.5) is 4.39 Å². The van der Waals surface area contributed by atoms with Crippen LogP contribution in [0.25, 0.3) is 0 Å². The van der Waals surface area contributed by atoms with Crippen LogP contribution in [0.5, 0.6) is 0 Å². The Bertz CT molecular complexity index is 413. The Morgan fingerprint density at radius 2 is 2.12 bits per heavy atom. The molecule has 0 radical (unpaired) electrons. The van der Waals surface area contributed by atoms with Crippen molar-refractivity contribution in [3.8, 4) is 0 Å². The number of aliphatic hydroxyl groups is 1. The van der Waals surface area contributed by atoms with Gasteiger partial charge >= 0.3 is 0 Å². The molecule has 0 bridgehead atoms. The van der Waals surface area contributed by atoms with Crippen LogP contribution in [0.3, 0.4) is 0 Å². The van der Waals surface area contributed by atoms with Crippen LogP contribution in [0, 0.1) is 5.82 Å². The molecule has 1 heterocycles. The Kier molecular flexibility index (Phi) is 2.46. The number of halogens is 1. The molecule has 86 valence electrons. The van der Waals surface area contributed by atoms with Gasteiger partial charge in [-0.25, -0.2) is 4.39 Å². The van der Waals surface area contributed by atoms with Crippen molar-refractivity contribution < 1.29 is 14.2 Å². The maximum absolute atomic E-state index is 13.8. The molecule has 1 saturated heterocycles. The van der Waals surface area contributed by atoms with Gasteiger partial charge in [-0.15, -0.1) is 11.8 Å². The maximum atomic E-state index is 13.8. The number of hydrogen-bond acceptors (Lipinski definition) is 3. The zero-order chi connectivity index (χ0) is 11.2. The molecular formula is C12H13FO2S. The second-order valence-corrected chi connectivity index (χ2v) is 5.80. The molecule has 2 fully saturated rings. The summed E-state index contributed by atoms with van der Waals surface area (Å²) in [4.78, 5) is 0.654. The van der Waals surface area contributed by atoms with E-state index < -0.39 is 5.60 Å². The summed E-state index contributed by atoms with van der Waals surface area (Å²) in [6.45, 7) is 1.41. The van der Waals surface area contributed by atoms with E-state index in [0.717, 1.165) is 12.8 Å². The van der Waals surface area contributed by atoms with Crippen LogP contribution in [-0.2, 0) is 10.3 Å². The molecule has 1 N–H and O–H groups in total. The molecule has 0 unspecified atom stereocenters. The Hall–Kier alpha value is -0.580. The first-order valence-corrected chi connectivity index (χ1v) is 6.32. The van der Waals surface area contributed by atoms with Gasteiger partial charge in [-0.3, -0.25) is 0 Å². The minimum Gasteiger partial charge on any atom is -0.385 e. The SMILES string of the molecule is OC1(c2ccc(SC3COC3)c(F)c2)CC1. The van der Waals surface area contributed by atoms with E-state index in [0.29, 0.717) is 28.9 Å². The fourth-order valence-electron chi connectivity index (χ4n) is 1.75. The molecule has 0 atom stereocenters. The number of ether oxygens (including phenoxy) is 1. The van der Waals surface area contributed by atoms with Gasteiger partial charge in [0, 0.05) is 4.90 Å². The second kappa shape index (κ2) is 3.72. The van der Waals surface area contributed by atoms with Gasteiger partial charge in [0.05, 0.1) is 24.1 Å². The molecule has 1 saturated carbocycles. The van der Waals surface area contributed by atoms with E-state index in [1.807, 2.05) is 6.07 Å². The molecule has 2 nitrogen and oxygen atoms in total. The van der Waals surface area contributed by atoms with Gasteiger partial charge in [0.2, 0.25) is 0 Å². The second-order valence-electron chi connectivity index (χ2n) is 4.45. The molecule has 4 heteroatoms. The van der Waals surface area contributed by atoms with Crippen molar-refractivity contribution in [3.05, 3.63) is 29.6 Å². The number of benzene rings is 1. The highest BCUT2D eigenvalue weighted by Crippen LogP contribution is 2.46. The molecule has 1 aromatic carbocycles. The van der Waals surface area contributed by atoms with Crippen molar-refractivity contribution in [2.75, 3.05) is 13.2 Å². The van der Waals surface area contributed by atoms with Gasteiger partial charge in [-0.05, 0) is 30.5 Å². The minimum absolute atomic E-state index is 0.227. The van der Waals surface area contributed by atoms with Crippen molar-refractivity contribution >= 4 is 11.8 Å². The molecule has 16 heavy (non-hydrogen) atoms. The summed E-state index contributed by atoms with van der Waals surface area (Å²) in [6.07, 6.45) is 1.49. The van der Waals surface area contributed by atoms with Crippen LogP contribution in [0.15, 0.2) is 23.1 Å². The topological polar surface area (TPSA) is 29.5 Å². The van der Waals surface area contributed by atoms with Gasteiger partial charge in [-0.2, -0.15) is 0 Å². The van der Waals surface area contributed by atoms with Crippen molar-refractivity contribution in [1.29, 1.82) is 0 Å². The molecule has 1 aliphatic carbocycles. The van der Waals surface area contributed by atoms with Gasteiger partial charge in [-0.1, -0.05) is 6.07 Å². The highest BCUT2D eigenvalue weighted by Gasteiger charge is 2.42. The monoisotopic (exact) mass is 240 g/mol. The van der Waals surface area contributed by atoms with Gasteiger partial charge in [0.1, 0.15) is 5.82 Å². The average Bonchev–Trinajstić information content (AvgIpc) is 2.93. The smallest absolute Gasteiger partial charge is 0.137 e. The van der Waals surface area contributed by atoms with Crippen molar-refractivity contribution in [3.63, 3.8) is 0 Å². The molecule has 0 amide bonds. The standard InChI is InChI=1S/C12H13FO2S/c13-10-5-8(12(14)3-4-12)1-2-11(10)16-9-6-15-7-9/h1-2,5,9,14H,3-4,6-7H2. The van der Waals surface area contributed by atoms with Gasteiger partial charge in [0.15, 0.2) is 0 Å². The fourth-order valence-corrected chi connectivity index (χ4v) is 2.76.